The summed E-state index contributed by atoms with van der Waals surface area (Å²) in [7, 11) is 3.11. The van der Waals surface area contributed by atoms with Crippen molar-refractivity contribution >= 4 is 23.6 Å². The van der Waals surface area contributed by atoms with Crippen molar-refractivity contribution in [2.45, 2.75) is 65.0 Å². The second-order valence-electron chi connectivity index (χ2n) is 10.6. The molecule has 1 N–H and O–H groups in total. The molecular formula is C31H39NO9. The Labute approximate surface area is 240 Å². The highest BCUT2D eigenvalue weighted by Crippen LogP contribution is 2.32. The number of carbonyl (C=O) groups is 4. The average molecular weight is 570 g/mol. The van der Waals surface area contributed by atoms with Crippen molar-refractivity contribution in [3.63, 3.8) is 0 Å². The largest absolute Gasteiger partial charge is 0.493 e. The number of likely N-dealkylation sites (tertiary alicyclic amines) is 1. The van der Waals surface area contributed by atoms with Gasteiger partial charge in [0.15, 0.2) is 18.1 Å². The van der Waals surface area contributed by atoms with Gasteiger partial charge in [0.2, 0.25) is 5.78 Å². The Bertz CT molecular complexity index is 1260. The minimum absolute atomic E-state index is 0.305. The predicted octanol–water partition coefficient (Wildman–Crippen LogP) is 4.38. The van der Waals surface area contributed by atoms with Gasteiger partial charge in [-0.2, -0.15) is 0 Å². The van der Waals surface area contributed by atoms with Crippen molar-refractivity contribution in [2.24, 2.45) is 5.41 Å². The monoisotopic (exact) mass is 569 g/mol. The van der Waals surface area contributed by atoms with Crippen molar-refractivity contribution in [1.29, 1.82) is 0 Å². The first-order chi connectivity index (χ1) is 19.5. The molecule has 0 radical (unpaired) electrons. The van der Waals surface area contributed by atoms with Crippen LogP contribution in [-0.2, 0) is 30.3 Å². The number of methoxy groups -OCH3 is 2. The topological polar surface area (TPSA) is 129 Å². The molecule has 2 aromatic rings. The van der Waals surface area contributed by atoms with E-state index in [1.807, 2.05) is 19.1 Å². The van der Waals surface area contributed by atoms with Gasteiger partial charge in [0.05, 0.1) is 14.2 Å². The number of esters is 1. The molecule has 1 amide bonds. The molecule has 0 spiro atoms. The Morgan fingerprint density at radius 1 is 1.05 bits per heavy atom. The van der Waals surface area contributed by atoms with Gasteiger partial charge in [-0.25, -0.2) is 9.59 Å². The van der Waals surface area contributed by atoms with Gasteiger partial charge in [-0.15, -0.1) is 0 Å². The fourth-order valence-electron chi connectivity index (χ4n) is 4.63. The van der Waals surface area contributed by atoms with E-state index in [1.54, 1.807) is 58.4 Å². The summed E-state index contributed by atoms with van der Waals surface area (Å²) in [6, 6.07) is 11.4. The second kappa shape index (κ2) is 14.0. The molecule has 1 heterocycles. The van der Waals surface area contributed by atoms with Gasteiger partial charge in [0.1, 0.15) is 17.9 Å². The molecular weight excluding hydrogens is 530 g/mol. The van der Waals surface area contributed by atoms with Gasteiger partial charge in [-0.05, 0) is 67.5 Å². The lowest BCUT2D eigenvalue weighted by Gasteiger charge is -2.28. The van der Waals surface area contributed by atoms with Gasteiger partial charge >= 0.3 is 11.9 Å². The lowest BCUT2D eigenvalue weighted by molar-refractivity contribution is -0.161. The number of aliphatic carboxylic acids is 1. The van der Waals surface area contributed by atoms with E-state index >= 15 is 0 Å². The molecule has 1 aliphatic rings. The van der Waals surface area contributed by atoms with Crippen LogP contribution in [0.25, 0.3) is 0 Å². The highest BCUT2D eigenvalue weighted by atomic mass is 16.5. The van der Waals surface area contributed by atoms with Crippen LogP contribution in [0.1, 0.15) is 63.7 Å². The zero-order valence-electron chi connectivity index (χ0n) is 24.3. The molecule has 222 valence electrons. The fourth-order valence-corrected chi connectivity index (χ4v) is 4.63. The molecule has 41 heavy (non-hydrogen) atoms. The third-order valence-electron chi connectivity index (χ3n) is 7.47. The smallest absolute Gasteiger partial charge is 0.341 e. The van der Waals surface area contributed by atoms with Crippen LogP contribution in [-0.4, -0.2) is 67.0 Å². The normalized spacial score (nSPS) is 15.6. The number of carboxylic acid groups (broad SMARTS) is 1. The summed E-state index contributed by atoms with van der Waals surface area (Å²) >= 11 is 0. The van der Waals surface area contributed by atoms with E-state index in [1.165, 1.54) is 4.90 Å². The van der Waals surface area contributed by atoms with Crippen molar-refractivity contribution in [1.82, 2.24) is 4.90 Å². The Balaban J connectivity index is 1.84. The molecule has 10 heteroatoms. The average Bonchev–Trinajstić information content (AvgIpc) is 3.47. The Hall–Kier alpha value is -4.08. The first kappa shape index (κ1) is 31.4. The zero-order valence-corrected chi connectivity index (χ0v) is 24.3. The molecule has 1 saturated heterocycles. The van der Waals surface area contributed by atoms with Crippen LogP contribution < -0.4 is 14.2 Å². The number of benzene rings is 2. The summed E-state index contributed by atoms with van der Waals surface area (Å²) in [6.45, 7) is 5.08. The molecule has 0 aromatic heterocycles. The molecule has 10 nitrogen and oxygen atoms in total. The summed E-state index contributed by atoms with van der Waals surface area (Å²) < 4.78 is 22.1. The number of carbonyl (C=O) groups excluding carboxylic acids is 3. The van der Waals surface area contributed by atoms with Crippen LogP contribution in [0.3, 0.4) is 0 Å². The van der Waals surface area contributed by atoms with E-state index in [4.69, 9.17) is 24.1 Å². The number of nitrogens with zero attached hydrogens (tertiary/aromatic N) is 1. The quantitative estimate of drug-likeness (QED) is 0.260. The van der Waals surface area contributed by atoms with E-state index in [2.05, 4.69) is 0 Å². The summed E-state index contributed by atoms with van der Waals surface area (Å²) in [4.78, 5) is 51.8. The molecule has 1 fully saturated rings. The predicted molar refractivity (Wildman–Crippen MR) is 150 cm³/mol. The van der Waals surface area contributed by atoms with Crippen molar-refractivity contribution < 1.29 is 43.2 Å². The molecule has 0 aliphatic carbocycles. The third kappa shape index (κ3) is 7.99. The van der Waals surface area contributed by atoms with Crippen LogP contribution in [0.15, 0.2) is 42.5 Å². The van der Waals surface area contributed by atoms with Crippen LogP contribution in [0.2, 0.25) is 0 Å². The van der Waals surface area contributed by atoms with E-state index < -0.39 is 47.8 Å². The minimum atomic E-state index is -1.11. The van der Waals surface area contributed by atoms with Crippen molar-refractivity contribution in [3.05, 3.63) is 53.6 Å². The van der Waals surface area contributed by atoms with Crippen molar-refractivity contribution in [3.8, 4) is 17.2 Å². The van der Waals surface area contributed by atoms with Crippen LogP contribution in [0, 0.1) is 5.41 Å². The summed E-state index contributed by atoms with van der Waals surface area (Å²) in [5.41, 5.74) is 0.708. The molecule has 0 unspecified atom stereocenters. The lowest BCUT2D eigenvalue weighted by Crippen LogP contribution is -2.48. The van der Waals surface area contributed by atoms with Gasteiger partial charge in [0, 0.05) is 12.0 Å². The molecule has 0 bridgehead atoms. The van der Waals surface area contributed by atoms with E-state index in [9.17, 15) is 19.2 Å². The highest BCUT2D eigenvalue weighted by Gasteiger charge is 2.42. The molecule has 0 saturated carbocycles. The van der Waals surface area contributed by atoms with Crippen LogP contribution >= 0.6 is 0 Å². The van der Waals surface area contributed by atoms with E-state index in [-0.39, 0.29) is 0 Å². The second-order valence-corrected chi connectivity index (χ2v) is 10.6. The first-order valence-electron chi connectivity index (χ1n) is 13.7. The molecule has 2 aromatic carbocycles. The SMILES string of the molecule is CCC(C)(C)C(=O)C(=O)N1CCC[C@H]1C(=O)O[C@H](CCc1ccc(OC)c(OC)c1)c1cccc(OCC(=O)O)c1. The number of amides is 1. The maximum Gasteiger partial charge on any atom is 0.341 e. The number of rotatable bonds is 14. The Morgan fingerprint density at radius 2 is 1.78 bits per heavy atom. The highest BCUT2D eigenvalue weighted by molar-refractivity contribution is 6.38. The van der Waals surface area contributed by atoms with Gasteiger partial charge in [0.25, 0.3) is 5.91 Å². The van der Waals surface area contributed by atoms with E-state index in [0.717, 1.165) is 5.56 Å². The maximum absolute atomic E-state index is 13.5. The Morgan fingerprint density at radius 3 is 2.44 bits per heavy atom. The third-order valence-corrected chi connectivity index (χ3v) is 7.47. The zero-order chi connectivity index (χ0) is 30.2. The number of carboxylic acids is 1. The molecule has 1 aliphatic heterocycles. The number of Topliss-reactive ketones (excluding diaryl/α,β-unsaturated/α-hetero) is 1. The number of ether oxygens (including phenoxy) is 4. The van der Waals surface area contributed by atoms with Crippen LogP contribution in [0.4, 0.5) is 0 Å². The maximum atomic E-state index is 13.5. The number of hydrogen-bond acceptors (Lipinski definition) is 8. The summed E-state index contributed by atoms with van der Waals surface area (Å²) in [5, 5.41) is 8.99. The van der Waals surface area contributed by atoms with E-state index in [0.29, 0.717) is 61.5 Å². The standard InChI is InChI=1S/C31H39NO9/c1-6-31(2,3)28(35)29(36)32-16-8-11-23(32)30(37)41-24(21-9-7-10-22(18-21)40-19-27(33)34)14-12-20-13-15-25(38-4)26(17-20)39-5/h7,9-10,13,15,17-18,23-24H,6,8,11-12,14,16,19H2,1-5H3,(H,33,34)/t23-,24+/m0/s1. The van der Waals surface area contributed by atoms with Crippen LogP contribution in [0.5, 0.6) is 17.2 Å². The number of aryl methyl sites for hydroxylation is 1. The van der Waals surface area contributed by atoms with Gasteiger partial charge in [-0.3, -0.25) is 9.59 Å². The minimum Gasteiger partial charge on any atom is -0.493 e. The molecule has 3 rings (SSSR count). The summed E-state index contributed by atoms with van der Waals surface area (Å²) in [5.74, 6) is -1.40. The lowest BCUT2D eigenvalue weighted by atomic mass is 9.84. The van der Waals surface area contributed by atoms with Gasteiger partial charge < -0.3 is 29.0 Å². The summed E-state index contributed by atoms with van der Waals surface area (Å²) in [6.07, 6.45) is 1.64. The number of ketones is 1. The fraction of sp³-hybridized carbons (Fsp3) is 0.484. The van der Waals surface area contributed by atoms with Gasteiger partial charge in [-0.1, -0.05) is 39.0 Å². The van der Waals surface area contributed by atoms with Crippen molar-refractivity contribution in [2.75, 3.05) is 27.4 Å². The Kier molecular flexibility index (Phi) is 10.7. The molecule has 2 atom stereocenters. The first-order valence-corrected chi connectivity index (χ1v) is 13.7. The number of hydrogen-bond donors (Lipinski definition) is 1.